The average molecular weight is 369 g/mol. The highest BCUT2D eigenvalue weighted by molar-refractivity contribution is 5.93. The van der Waals surface area contributed by atoms with E-state index in [-0.39, 0.29) is 5.91 Å². The first kappa shape index (κ1) is 19.6. The molecule has 0 unspecified atom stereocenters. The van der Waals surface area contributed by atoms with Gasteiger partial charge in [-0.15, -0.1) is 0 Å². The van der Waals surface area contributed by atoms with Crippen LogP contribution in [0.4, 0.5) is 0 Å². The summed E-state index contributed by atoms with van der Waals surface area (Å²) in [6.07, 6.45) is 3.95. The summed E-state index contributed by atoms with van der Waals surface area (Å²) >= 11 is 0. The lowest BCUT2D eigenvalue weighted by molar-refractivity contribution is 0.0955. The van der Waals surface area contributed by atoms with Crippen molar-refractivity contribution < 1.29 is 4.79 Å². The number of nitrogens with zero attached hydrogens (tertiary/aromatic N) is 3. The van der Waals surface area contributed by atoms with E-state index in [0.29, 0.717) is 17.7 Å². The normalized spacial score (nSPS) is 16.6. The zero-order chi connectivity index (χ0) is 19.4. The molecule has 0 bridgehead atoms. The molecule has 146 valence electrons. The minimum Gasteiger partial charge on any atom is -0.354 e. The standard InChI is InChI=1S/C22H32N4O/c1-16(2)15-25(4)18-10-11-20-19(14-18)21(22(27)23-3)24-26(20)13-12-17-8-6-5-7-9-17/h5-9,16,18H,10-15H2,1-4H3,(H,23,27)/t18-/m1/s1. The Hall–Kier alpha value is -2.14. The van der Waals surface area contributed by atoms with Gasteiger partial charge < -0.3 is 10.2 Å². The topological polar surface area (TPSA) is 50.2 Å². The van der Waals surface area contributed by atoms with Gasteiger partial charge in [0.05, 0.1) is 0 Å². The van der Waals surface area contributed by atoms with Crippen LogP contribution >= 0.6 is 0 Å². The number of fused-ring (bicyclic) bond motifs is 1. The minimum absolute atomic E-state index is 0.0723. The fourth-order valence-corrected chi connectivity index (χ4v) is 4.14. The molecule has 1 N–H and O–H groups in total. The van der Waals surface area contributed by atoms with Gasteiger partial charge in [-0.05, 0) is 44.2 Å². The van der Waals surface area contributed by atoms with E-state index >= 15 is 0 Å². The molecule has 27 heavy (non-hydrogen) atoms. The van der Waals surface area contributed by atoms with Crippen molar-refractivity contribution in [3.8, 4) is 0 Å². The molecule has 1 aromatic carbocycles. The number of aromatic nitrogens is 2. The third kappa shape index (κ3) is 4.59. The van der Waals surface area contributed by atoms with E-state index in [9.17, 15) is 4.79 Å². The molecular formula is C22H32N4O. The Morgan fingerprint density at radius 2 is 2.07 bits per heavy atom. The van der Waals surface area contributed by atoms with Crippen LogP contribution in [0.5, 0.6) is 0 Å². The summed E-state index contributed by atoms with van der Waals surface area (Å²) in [6, 6.07) is 10.9. The van der Waals surface area contributed by atoms with Crippen molar-refractivity contribution in [1.29, 1.82) is 0 Å². The van der Waals surface area contributed by atoms with Gasteiger partial charge in [0.1, 0.15) is 0 Å². The molecule has 1 heterocycles. The fraction of sp³-hybridized carbons (Fsp3) is 0.545. The molecule has 3 rings (SSSR count). The zero-order valence-electron chi connectivity index (χ0n) is 17.0. The van der Waals surface area contributed by atoms with Crippen LogP contribution in [0.25, 0.3) is 0 Å². The Morgan fingerprint density at radius 1 is 1.33 bits per heavy atom. The Morgan fingerprint density at radius 3 is 2.74 bits per heavy atom. The SMILES string of the molecule is CNC(=O)c1nn(CCc2ccccc2)c2c1C[C@H](N(C)CC(C)C)CC2. The first-order valence-electron chi connectivity index (χ1n) is 10.0. The molecule has 0 saturated carbocycles. The third-order valence-corrected chi connectivity index (χ3v) is 5.49. The number of benzene rings is 1. The number of aryl methyl sites for hydroxylation is 2. The Kier molecular flexibility index (Phi) is 6.32. The first-order valence-corrected chi connectivity index (χ1v) is 10.0. The highest BCUT2D eigenvalue weighted by atomic mass is 16.1. The van der Waals surface area contributed by atoms with Crippen molar-refractivity contribution in [2.24, 2.45) is 5.92 Å². The van der Waals surface area contributed by atoms with Crippen LogP contribution < -0.4 is 5.32 Å². The third-order valence-electron chi connectivity index (χ3n) is 5.49. The smallest absolute Gasteiger partial charge is 0.271 e. The van der Waals surface area contributed by atoms with E-state index in [1.54, 1.807) is 7.05 Å². The predicted octanol–water partition coefficient (Wildman–Crippen LogP) is 2.93. The number of rotatable bonds is 7. The molecule has 2 aromatic rings. The Balaban J connectivity index is 1.81. The van der Waals surface area contributed by atoms with Crippen molar-refractivity contribution in [1.82, 2.24) is 20.0 Å². The molecule has 1 aromatic heterocycles. The molecule has 1 atom stereocenters. The van der Waals surface area contributed by atoms with E-state index in [0.717, 1.165) is 44.3 Å². The van der Waals surface area contributed by atoms with Crippen molar-refractivity contribution in [2.75, 3.05) is 20.6 Å². The second-order valence-electron chi connectivity index (χ2n) is 8.04. The number of nitrogens with one attached hydrogen (secondary N) is 1. The van der Waals surface area contributed by atoms with Gasteiger partial charge in [0, 0.05) is 37.4 Å². The van der Waals surface area contributed by atoms with Crippen molar-refractivity contribution >= 4 is 5.91 Å². The summed E-state index contributed by atoms with van der Waals surface area (Å²) in [7, 11) is 3.89. The molecule has 1 aliphatic carbocycles. The van der Waals surface area contributed by atoms with Crippen molar-refractivity contribution in [2.45, 2.75) is 52.1 Å². The number of hydrogen-bond acceptors (Lipinski definition) is 3. The summed E-state index contributed by atoms with van der Waals surface area (Å²) in [5.41, 5.74) is 4.31. The lowest BCUT2D eigenvalue weighted by Crippen LogP contribution is -2.39. The number of amides is 1. The summed E-state index contributed by atoms with van der Waals surface area (Å²) in [6.45, 7) is 6.40. The minimum atomic E-state index is -0.0723. The van der Waals surface area contributed by atoms with Crippen LogP contribution in [0.15, 0.2) is 30.3 Å². The van der Waals surface area contributed by atoms with Gasteiger partial charge >= 0.3 is 0 Å². The Labute approximate surface area is 162 Å². The van der Waals surface area contributed by atoms with Crippen LogP contribution in [0.2, 0.25) is 0 Å². The average Bonchev–Trinajstić information content (AvgIpc) is 3.04. The van der Waals surface area contributed by atoms with E-state index in [2.05, 4.69) is 60.1 Å². The number of likely N-dealkylation sites (N-methyl/N-ethyl adjacent to an activating group) is 1. The van der Waals surface area contributed by atoms with Gasteiger partial charge in [0.2, 0.25) is 0 Å². The van der Waals surface area contributed by atoms with Crippen molar-refractivity contribution in [3.05, 3.63) is 52.8 Å². The largest absolute Gasteiger partial charge is 0.354 e. The van der Waals surface area contributed by atoms with Gasteiger partial charge in [-0.2, -0.15) is 5.10 Å². The molecule has 0 fully saturated rings. The summed E-state index contributed by atoms with van der Waals surface area (Å²) in [5, 5.41) is 7.48. The maximum absolute atomic E-state index is 12.4. The molecule has 5 heteroatoms. The van der Waals surface area contributed by atoms with Gasteiger partial charge in [0.25, 0.3) is 5.91 Å². The van der Waals surface area contributed by atoms with E-state index in [1.807, 2.05) is 6.07 Å². The van der Waals surface area contributed by atoms with Gasteiger partial charge in [-0.1, -0.05) is 44.2 Å². The number of carbonyl (C=O) groups is 1. The lowest BCUT2D eigenvalue weighted by Gasteiger charge is -2.32. The second-order valence-corrected chi connectivity index (χ2v) is 8.04. The van der Waals surface area contributed by atoms with Crippen LogP contribution in [0, 0.1) is 5.92 Å². The van der Waals surface area contributed by atoms with E-state index in [1.165, 1.54) is 11.3 Å². The number of carbonyl (C=O) groups excluding carboxylic acids is 1. The Bertz CT molecular complexity index is 766. The fourth-order valence-electron chi connectivity index (χ4n) is 4.14. The maximum atomic E-state index is 12.4. The maximum Gasteiger partial charge on any atom is 0.271 e. The second kappa shape index (κ2) is 8.70. The van der Waals surface area contributed by atoms with Crippen LogP contribution in [0.3, 0.4) is 0 Å². The molecule has 0 spiro atoms. The molecule has 1 aliphatic rings. The first-order chi connectivity index (χ1) is 13.0. The highest BCUT2D eigenvalue weighted by Gasteiger charge is 2.30. The van der Waals surface area contributed by atoms with E-state index < -0.39 is 0 Å². The summed E-state index contributed by atoms with van der Waals surface area (Å²) in [4.78, 5) is 14.9. The van der Waals surface area contributed by atoms with Gasteiger partial charge in [-0.3, -0.25) is 9.48 Å². The van der Waals surface area contributed by atoms with Crippen LogP contribution in [0.1, 0.15) is 47.6 Å². The summed E-state index contributed by atoms with van der Waals surface area (Å²) in [5.74, 6) is 0.570. The van der Waals surface area contributed by atoms with Gasteiger partial charge in [-0.25, -0.2) is 0 Å². The lowest BCUT2D eigenvalue weighted by atomic mass is 9.90. The molecule has 0 saturated heterocycles. The monoisotopic (exact) mass is 368 g/mol. The van der Waals surface area contributed by atoms with Crippen LogP contribution in [-0.2, 0) is 25.8 Å². The highest BCUT2D eigenvalue weighted by Crippen LogP contribution is 2.28. The summed E-state index contributed by atoms with van der Waals surface area (Å²) < 4.78 is 2.07. The predicted molar refractivity (Wildman–Crippen MR) is 109 cm³/mol. The number of hydrogen-bond donors (Lipinski definition) is 1. The molecular weight excluding hydrogens is 336 g/mol. The van der Waals surface area contributed by atoms with Crippen LogP contribution in [-0.4, -0.2) is 47.3 Å². The zero-order valence-corrected chi connectivity index (χ0v) is 17.0. The van der Waals surface area contributed by atoms with Crippen molar-refractivity contribution in [3.63, 3.8) is 0 Å². The molecule has 5 nitrogen and oxygen atoms in total. The quantitative estimate of drug-likeness (QED) is 0.817. The molecule has 0 aliphatic heterocycles. The molecule has 0 radical (unpaired) electrons. The van der Waals surface area contributed by atoms with Gasteiger partial charge in [0.15, 0.2) is 5.69 Å². The molecule has 1 amide bonds. The van der Waals surface area contributed by atoms with E-state index in [4.69, 9.17) is 5.10 Å².